The average Bonchev–Trinajstić information content (AvgIpc) is 2.80. The fourth-order valence-corrected chi connectivity index (χ4v) is 2.37. The maximum Gasteiger partial charge on any atom is 0.240 e. The minimum atomic E-state index is -0.685. The zero-order chi connectivity index (χ0) is 15.4. The van der Waals surface area contributed by atoms with E-state index in [2.05, 4.69) is 10.3 Å². The van der Waals surface area contributed by atoms with Gasteiger partial charge in [0.05, 0.1) is 0 Å². The largest absolute Gasteiger partial charge is 0.368 e. The summed E-state index contributed by atoms with van der Waals surface area (Å²) in [4.78, 5) is 26.6. The number of aromatic amines is 1. The van der Waals surface area contributed by atoms with Crippen LogP contribution in [0, 0.1) is 5.92 Å². The normalized spacial score (nSPS) is 12.5. The van der Waals surface area contributed by atoms with E-state index >= 15 is 0 Å². The quantitative estimate of drug-likeness (QED) is 0.755. The van der Waals surface area contributed by atoms with E-state index in [1.807, 2.05) is 44.3 Å². The highest BCUT2D eigenvalue weighted by molar-refractivity contribution is 5.88. The lowest BCUT2D eigenvalue weighted by atomic mass is 10.0. The molecule has 0 aliphatic rings. The van der Waals surface area contributed by atoms with E-state index in [9.17, 15) is 9.59 Å². The van der Waals surface area contributed by atoms with Gasteiger partial charge in [-0.3, -0.25) is 9.59 Å². The van der Waals surface area contributed by atoms with Crippen molar-refractivity contribution < 1.29 is 9.59 Å². The van der Waals surface area contributed by atoms with E-state index in [1.54, 1.807) is 0 Å². The van der Waals surface area contributed by atoms with Gasteiger partial charge in [0.2, 0.25) is 11.8 Å². The van der Waals surface area contributed by atoms with Crippen LogP contribution in [0.5, 0.6) is 0 Å². The molecule has 112 valence electrons. The number of benzene rings is 1. The van der Waals surface area contributed by atoms with Crippen LogP contribution in [0.3, 0.4) is 0 Å². The number of nitrogens with one attached hydrogen (secondary N) is 2. The lowest BCUT2D eigenvalue weighted by Gasteiger charge is -2.16. The van der Waals surface area contributed by atoms with Crippen molar-refractivity contribution in [1.82, 2.24) is 10.3 Å². The summed E-state index contributed by atoms with van der Waals surface area (Å²) in [5, 5.41) is 3.77. The van der Waals surface area contributed by atoms with E-state index < -0.39 is 11.9 Å². The SMILES string of the molecule is CC(C)CC(=O)N[C@H](Cc1c[nH]c2ccccc12)C(N)=O. The van der Waals surface area contributed by atoms with Gasteiger partial charge in [0, 0.05) is 29.9 Å². The molecule has 1 aromatic carbocycles. The Bertz CT molecular complexity index is 646. The molecule has 21 heavy (non-hydrogen) atoms. The highest BCUT2D eigenvalue weighted by Gasteiger charge is 2.20. The van der Waals surface area contributed by atoms with Crippen LogP contribution in [-0.2, 0) is 16.0 Å². The molecule has 0 radical (unpaired) electrons. The number of H-pyrrole nitrogens is 1. The fraction of sp³-hybridized carbons (Fsp3) is 0.375. The third kappa shape index (κ3) is 3.84. The predicted molar refractivity (Wildman–Crippen MR) is 82.6 cm³/mol. The molecule has 1 heterocycles. The Labute approximate surface area is 123 Å². The Kier molecular flexibility index (Phi) is 4.62. The zero-order valence-corrected chi connectivity index (χ0v) is 12.3. The van der Waals surface area contributed by atoms with Gasteiger partial charge in [-0.05, 0) is 17.5 Å². The van der Waals surface area contributed by atoms with Crippen molar-refractivity contribution in [3.63, 3.8) is 0 Å². The third-order valence-electron chi connectivity index (χ3n) is 3.37. The van der Waals surface area contributed by atoms with Crippen molar-refractivity contribution in [3.8, 4) is 0 Å². The molecule has 0 saturated heterocycles. The maximum atomic E-state index is 11.8. The topological polar surface area (TPSA) is 88.0 Å². The number of carbonyl (C=O) groups excluding carboxylic acids is 2. The van der Waals surface area contributed by atoms with Crippen LogP contribution in [0.15, 0.2) is 30.5 Å². The van der Waals surface area contributed by atoms with Gasteiger partial charge in [-0.25, -0.2) is 0 Å². The van der Waals surface area contributed by atoms with Crippen molar-refractivity contribution in [2.45, 2.75) is 32.7 Å². The number of hydrogen-bond acceptors (Lipinski definition) is 2. The first-order chi connectivity index (χ1) is 9.97. The second-order valence-corrected chi connectivity index (χ2v) is 5.68. The monoisotopic (exact) mass is 287 g/mol. The molecule has 1 atom stereocenters. The summed E-state index contributed by atoms with van der Waals surface area (Å²) in [6.07, 6.45) is 2.63. The maximum absolute atomic E-state index is 11.8. The highest BCUT2D eigenvalue weighted by atomic mass is 16.2. The lowest BCUT2D eigenvalue weighted by Crippen LogP contribution is -2.46. The summed E-state index contributed by atoms with van der Waals surface area (Å²) in [5.41, 5.74) is 7.39. The predicted octanol–water partition coefficient (Wildman–Crippen LogP) is 1.73. The van der Waals surface area contributed by atoms with E-state index in [0.29, 0.717) is 12.8 Å². The highest BCUT2D eigenvalue weighted by Crippen LogP contribution is 2.19. The number of carbonyl (C=O) groups is 2. The molecule has 0 aliphatic carbocycles. The van der Waals surface area contributed by atoms with E-state index in [1.165, 1.54) is 0 Å². The molecule has 0 aliphatic heterocycles. The molecule has 1 aromatic heterocycles. The van der Waals surface area contributed by atoms with Crippen LogP contribution in [0.25, 0.3) is 10.9 Å². The first-order valence-electron chi connectivity index (χ1n) is 7.11. The van der Waals surface area contributed by atoms with Gasteiger partial charge in [0.25, 0.3) is 0 Å². The number of primary amides is 1. The Balaban J connectivity index is 2.13. The Morgan fingerprint density at radius 3 is 2.67 bits per heavy atom. The van der Waals surface area contributed by atoms with E-state index in [0.717, 1.165) is 16.5 Å². The average molecular weight is 287 g/mol. The summed E-state index contributed by atoms with van der Waals surface area (Å²) in [6, 6.07) is 7.15. The minimum Gasteiger partial charge on any atom is -0.368 e. The number of hydrogen-bond donors (Lipinski definition) is 3. The van der Waals surface area contributed by atoms with Crippen LogP contribution in [-0.4, -0.2) is 22.8 Å². The molecule has 2 amide bonds. The minimum absolute atomic E-state index is 0.145. The second-order valence-electron chi connectivity index (χ2n) is 5.68. The molecular weight excluding hydrogens is 266 g/mol. The molecule has 4 N–H and O–H groups in total. The fourth-order valence-electron chi connectivity index (χ4n) is 2.37. The van der Waals surface area contributed by atoms with Crippen molar-refractivity contribution in [3.05, 3.63) is 36.0 Å². The van der Waals surface area contributed by atoms with Crippen LogP contribution in [0.1, 0.15) is 25.8 Å². The molecule has 0 saturated carbocycles. The van der Waals surface area contributed by atoms with Crippen LogP contribution in [0.2, 0.25) is 0 Å². The molecule has 0 unspecified atom stereocenters. The first kappa shape index (κ1) is 15.1. The number of amides is 2. The molecule has 0 spiro atoms. The number of aromatic nitrogens is 1. The molecule has 5 nitrogen and oxygen atoms in total. The Hall–Kier alpha value is -2.30. The molecular formula is C16H21N3O2. The molecule has 2 aromatic rings. The lowest BCUT2D eigenvalue weighted by molar-refractivity contribution is -0.127. The molecule has 2 rings (SSSR count). The second kappa shape index (κ2) is 6.43. The van der Waals surface area contributed by atoms with Crippen LogP contribution >= 0.6 is 0 Å². The summed E-state index contributed by atoms with van der Waals surface area (Å²) in [6.45, 7) is 3.91. The summed E-state index contributed by atoms with van der Waals surface area (Å²) in [5.74, 6) is -0.419. The smallest absolute Gasteiger partial charge is 0.240 e. The number of fused-ring (bicyclic) bond motifs is 1. The van der Waals surface area contributed by atoms with Gasteiger partial charge in [0.1, 0.15) is 6.04 Å². The zero-order valence-electron chi connectivity index (χ0n) is 12.3. The van der Waals surface area contributed by atoms with Gasteiger partial charge in [0.15, 0.2) is 0 Å². The number of nitrogens with two attached hydrogens (primary N) is 1. The van der Waals surface area contributed by atoms with Gasteiger partial charge >= 0.3 is 0 Å². The molecule has 0 fully saturated rings. The van der Waals surface area contributed by atoms with Crippen molar-refractivity contribution in [2.24, 2.45) is 11.7 Å². The first-order valence-corrected chi connectivity index (χ1v) is 7.11. The van der Waals surface area contributed by atoms with Crippen molar-refractivity contribution in [1.29, 1.82) is 0 Å². The Morgan fingerprint density at radius 2 is 2.00 bits per heavy atom. The van der Waals surface area contributed by atoms with Crippen molar-refractivity contribution in [2.75, 3.05) is 0 Å². The van der Waals surface area contributed by atoms with E-state index in [-0.39, 0.29) is 11.8 Å². The van der Waals surface area contributed by atoms with Gasteiger partial charge in [-0.15, -0.1) is 0 Å². The van der Waals surface area contributed by atoms with E-state index in [4.69, 9.17) is 5.73 Å². The third-order valence-corrected chi connectivity index (χ3v) is 3.37. The van der Waals surface area contributed by atoms with Gasteiger partial charge < -0.3 is 16.0 Å². The Morgan fingerprint density at radius 1 is 1.29 bits per heavy atom. The van der Waals surface area contributed by atoms with Crippen LogP contribution < -0.4 is 11.1 Å². The summed E-state index contributed by atoms with van der Waals surface area (Å²) < 4.78 is 0. The van der Waals surface area contributed by atoms with Crippen LogP contribution in [0.4, 0.5) is 0 Å². The standard InChI is InChI=1S/C16H21N3O2/c1-10(2)7-15(20)19-14(16(17)21)8-11-9-18-13-6-4-3-5-12(11)13/h3-6,9-10,14,18H,7-8H2,1-2H3,(H2,17,21)(H,19,20)/t14-/m1/s1. The van der Waals surface area contributed by atoms with Gasteiger partial charge in [-0.2, -0.15) is 0 Å². The van der Waals surface area contributed by atoms with Gasteiger partial charge in [-0.1, -0.05) is 32.0 Å². The number of rotatable bonds is 6. The van der Waals surface area contributed by atoms with Crippen molar-refractivity contribution >= 4 is 22.7 Å². The summed E-state index contributed by atoms with van der Waals surface area (Å²) >= 11 is 0. The summed E-state index contributed by atoms with van der Waals surface area (Å²) in [7, 11) is 0. The molecule has 5 heteroatoms. The number of para-hydroxylation sites is 1. The molecule has 0 bridgehead atoms.